The van der Waals surface area contributed by atoms with Crippen molar-refractivity contribution in [3.05, 3.63) is 42.5 Å². The third-order valence-corrected chi connectivity index (χ3v) is 2.46. The van der Waals surface area contributed by atoms with Gasteiger partial charge in [-0.05, 0) is 24.3 Å². The molecule has 0 fully saturated rings. The first-order valence-electron chi connectivity index (χ1n) is 5.36. The fourth-order valence-electron chi connectivity index (χ4n) is 1.56. The van der Waals surface area contributed by atoms with Crippen LogP contribution in [0.4, 0.5) is 0 Å². The lowest BCUT2D eigenvalue weighted by molar-refractivity contribution is 0.380. The maximum atomic E-state index is 5.41. The van der Waals surface area contributed by atoms with Crippen LogP contribution in [0.5, 0.6) is 0 Å². The smallest absolute Gasteiger partial charge is 0.240 e. The molecular formula is C11H10N6O. The zero-order valence-electron chi connectivity index (χ0n) is 9.39. The summed E-state index contributed by atoms with van der Waals surface area (Å²) in [6.07, 6.45) is 3.40. The van der Waals surface area contributed by atoms with E-state index < -0.39 is 0 Å². The quantitative estimate of drug-likeness (QED) is 0.729. The summed E-state index contributed by atoms with van der Waals surface area (Å²) in [4.78, 5) is 4.15. The zero-order chi connectivity index (χ0) is 12.4. The van der Waals surface area contributed by atoms with Crippen molar-refractivity contribution in [1.82, 2.24) is 25.1 Å². The molecule has 0 atom stereocenters. The summed E-state index contributed by atoms with van der Waals surface area (Å²) in [5.74, 6) is 0.950. The van der Waals surface area contributed by atoms with E-state index in [4.69, 9.17) is 10.3 Å². The van der Waals surface area contributed by atoms with E-state index in [0.29, 0.717) is 11.7 Å². The van der Waals surface area contributed by atoms with Gasteiger partial charge in [-0.25, -0.2) is 4.68 Å². The lowest BCUT2D eigenvalue weighted by Crippen LogP contribution is -1.96. The zero-order valence-corrected chi connectivity index (χ0v) is 9.39. The van der Waals surface area contributed by atoms with Crippen molar-refractivity contribution in [3.63, 3.8) is 0 Å². The summed E-state index contributed by atoms with van der Waals surface area (Å²) in [5, 5.41) is 11.5. The Morgan fingerprint density at radius 2 is 2.06 bits per heavy atom. The standard InChI is InChI=1S/C11H10N6O/c12-7-10-14-11(15-18-10)8-1-3-9(4-2-8)17-6-5-13-16-17/h1-6H,7,12H2. The van der Waals surface area contributed by atoms with Crippen LogP contribution in [0.25, 0.3) is 17.1 Å². The Morgan fingerprint density at radius 3 is 2.67 bits per heavy atom. The summed E-state index contributed by atoms with van der Waals surface area (Å²) < 4.78 is 6.63. The maximum Gasteiger partial charge on any atom is 0.240 e. The Bertz CT molecular complexity index is 628. The van der Waals surface area contributed by atoms with Gasteiger partial charge in [-0.1, -0.05) is 10.4 Å². The van der Waals surface area contributed by atoms with Crippen molar-refractivity contribution >= 4 is 0 Å². The average Bonchev–Trinajstić information content (AvgIpc) is 3.10. The molecule has 3 aromatic rings. The van der Waals surface area contributed by atoms with Crippen molar-refractivity contribution in [2.45, 2.75) is 6.54 Å². The van der Waals surface area contributed by atoms with Crippen LogP contribution < -0.4 is 5.73 Å². The second kappa shape index (κ2) is 4.38. The number of aromatic nitrogens is 5. The number of hydrogen-bond donors (Lipinski definition) is 1. The van der Waals surface area contributed by atoms with Crippen molar-refractivity contribution in [1.29, 1.82) is 0 Å². The largest absolute Gasteiger partial charge is 0.338 e. The highest BCUT2D eigenvalue weighted by Gasteiger charge is 2.07. The lowest BCUT2D eigenvalue weighted by Gasteiger charge is -2.00. The second-order valence-corrected chi connectivity index (χ2v) is 3.61. The third-order valence-electron chi connectivity index (χ3n) is 2.46. The van der Waals surface area contributed by atoms with Crippen LogP contribution in [-0.4, -0.2) is 25.1 Å². The molecule has 7 nitrogen and oxygen atoms in total. The number of hydrogen-bond acceptors (Lipinski definition) is 6. The van der Waals surface area contributed by atoms with Crippen LogP contribution in [0.15, 0.2) is 41.2 Å². The Kier molecular flexibility index (Phi) is 2.58. The molecule has 0 bridgehead atoms. The summed E-state index contributed by atoms with van der Waals surface area (Å²) in [6.45, 7) is 0.240. The van der Waals surface area contributed by atoms with Crippen LogP contribution >= 0.6 is 0 Å². The van der Waals surface area contributed by atoms with E-state index in [0.717, 1.165) is 11.3 Å². The molecule has 0 aliphatic rings. The molecule has 90 valence electrons. The van der Waals surface area contributed by atoms with E-state index >= 15 is 0 Å². The summed E-state index contributed by atoms with van der Waals surface area (Å²) in [5.41, 5.74) is 7.19. The van der Waals surface area contributed by atoms with Crippen LogP contribution in [0.1, 0.15) is 5.89 Å². The average molecular weight is 242 g/mol. The molecule has 0 amide bonds. The molecular weight excluding hydrogens is 232 g/mol. The number of benzene rings is 1. The molecule has 18 heavy (non-hydrogen) atoms. The normalized spacial score (nSPS) is 10.7. The molecule has 0 saturated carbocycles. The molecule has 1 aromatic carbocycles. The summed E-state index contributed by atoms with van der Waals surface area (Å²) in [7, 11) is 0. The fraction of sp³-hybridized carbons (Fsp3) is 0.0909. The van der Waals surface area contributed by atoms with E-state index in [1.165, 1.54) is 0 Å². The molecule has 0 spiro atoms. The highest BCUT2D eigenvalue weighted by Crippen LogP contribution is 2.17. The van der Waals surface area contributed by atoms with Gasteiger partial charge in [0.25, 0.3) is 0 Å². The lowest BCUT2D eigenvalue weighted by atomic mass is 10.2. The Balaban J connectivity index is 1.91. The van der Waals surface area contributed by atoms with Crippen LogP contribution in [0.3, 0.4) is 0 Å². The first-order chi connectivity index (χ1) is 8.86. The monoisotopic (exact) mass is 242 g/mol. The minimum Gasteiger partial charge on any atom is -0.338 e. The van der Waals surface area contributed by atoms with Gasteiger partial charge in [0.2, 0.25) is 11.7 Å². The van der Waals surface area contributed by atoms with Crippen LogP contribution in [0, 0.1) is 0 Å². The van der Waals surface area contributed by atoms with E-state index in [9.17, 15) is 0 Å². The van der Waals surface area contributed by atoms with Gasteiger partial charge in [-0.15, -0.1) is 5.10 Å². The van der Waals surface area contributed by atoms with Crippen molar-refractivity contribution in [2.24, 2.45) is 5.73 Å². The van der Waals surface area contributed by atoms with E-state index in [-0.39, 0.29) is 6.54 Å². The summed E-state index contributed by atoms with van der Waals surface area (Å²) >= 11 is 0. The molecule has 0 aliphatic carbocycles. The Labute approximate surface area is 102 Å². The molecule has 0 aliphatic heterocycles. The van der Waals surface area contributed by atoms with Gasteiger partial charge in [0, 0.05) is 5.56 Å². The van der Waals surface area contributed by atoms with Gasteiger partial charge in [0.05, 0.1) is 24.6 Å². The molecule has 0 saturated heterocycles. The minimum atomic E-state index is 0.240. The minimum absolute atomic E-state index is 0.240. The number of nitrogens with two attached hydrogens (primary N) is 1. The van der Waals surface area contributed by atoms with Crippen molar-refractivity contribution in [2.75, 3.05) is 0 Å². The topological polar surface area (TPSA) is 95.7 Å². The second-order valence-electron chi connectivity index (χ2n) is 3.61. The molecule has 2 N–H and O–H groups in total. The van der Waals surface area contributed by atoms with Gasteiger partial charge < -0.3 is 10.3 Å². The van der Waals surface area contributed by atoms with Crippen LogP contribution in [-0.2, 0) is 6.54 Å². The molecule has 3 rings (SSSR count). The molecule has 2 aromatic heterocycles. The van der Waals surface area contributed by atoms with Crippen LogP contribution in [0.2, 0.25) is 0 Å². The van der Waals surface area contributed by atoms with Crippen molar-refractivity contribution in [3.8, 4) is 17.1 Å². The van der Waals surface area contributed by atoms with Crippen molar-refractivity contribution < 1.29 is 4.52 Å². The Morgan fingerprint density at radius 1 is 1.22 bits per heavy atom. The fourth-order valence-corrected chi connectivity index (χ4v) is 1.56. The van der Waals surface area contributed by atoms with E-state index in [2.05, 4.69) is 20.5 Å². The van der Waals surface area contributed by atoms with Gasteiger partial charge in [0.15, 0.2) is 0 Å². The maximum absolute atomic E-state index is 5.41. The van der Waals surface area contributed by atoms with Gasteiger partial charge in [-0.2, -0.15) is 4.98 Å². The van der Waals surface area contributed by atoms with E-state index in [1.807, 2.05) is 24.3 Å². The van der Waals surface area contributed by atoms with Gasteiger partial charge in [0.1, 0.15) is 0 Å². The third kappa shape index (κ3) is 1.87. The number of nitrogens with zero attached hydrogens (tertiary/aromatic N) is 5. The van der Waals surface area contributed by atoms with E-state index in [1.54, 1.807) is 17.1 Å². The highest BCUT2D eigenvalue weighted by molar-refractivity contribution is 5.56. The van der Waals surface area contributed by atoms with Gasteiger partial charge in [-0.3, -0.25) is 0 Å². The molecule has 0 unspecified atom stereocenters. The molecule has 2 heterocycles. The first-order valence-corrected chi connectivity index (χ1v) is 5.36. The Hall–Kier alpha value is -2.54. The predicted molar refractivity (Wildman–Crippen MR) is 62.5 cm³/mol. The molecule has 0 radical (unpaired) electrons. The van der Waals surface area contributed by atoms with Gasteiger partial charge >= 0.3 is 0 Å². The predicted octanol–water partition coefficient (Wildman–Crippen LogP) is 0.776. The first kappa shape index (κ1) is 10.6. The summed E-state index contributed by atoms with van der Waals surface area (Å²) in [6, 6.07) is 7.59. The number of rotatable bonds is 3. The molecule has 7 heteroatoms. The highest BCUT2D eigenvalue weighted by atomic mass is 16.5. The SMILES string of the molecule is NCc1nc(-c2ccc(-n3ccnn3)cc2)no1.